The van der Waals surface area contributed by atoms with E-state index >= 15 is 0 Å². The topological polar surface area (TPSA) is 27.0 Å². The predicted molar refractivity (Wildman–Crippen MR) is 46.3 cm³/mol. The molecule has 0 radical (unpaired) electrons. The van der Waals surface area contributed by atoms with Gasteiger partial charge < -0.3 is 0 Å². The third kappa shape index (κ3) is 2.71. The van der Waals surface area contributed by atoms with Crippen molar-refractivity contribution in [3.8, 4) is 6.07 Å². The first-order valence-corrected chi connectivity index (χ1v) is 4.29. The Morgan fingerprint density at radius 2 is 2.55 bits per heavy atom. The maximum Gasteiger partial charge on any atom is 0.0866 e. The molecule has 0 fully saturated rings. The van der Waals surface area contributed by atoms with Crippen LogP contribution in [0.25, 0.3) is 0 Å². The zero-order valence-corrected chi connectivity index (χ0v) is 7.27. The first kappa shape index (κ1) is 8.25. The standard InChI is InChI=1S/C8H10N2S/c1-10(5-4-9)7-8-3-2-6-11-8/h2-3,6H,5,7H2,1H3. The molecule has 0 saturated carbocycles. The second kappa shape index (κ2) is 4.12. The van der Waals surface area contributed by atoms with E-state index in [2.05, 4.69) is 17.5 Å². The lowest BCUT2D eigenvalue weighted by Gasteiger charge is -2.09. The van der Waals surface area contributed by atoms with Crippen molar-refractivity contribution in [2.75, 3.05) is 13.6 Å². The van der Waals surface area contributed by atoms with Crippen LogP contribution in [0.3, 0.4) is 0 Å². The lowest BCUT2D eigenvalue weighted by Crippen LogP contribution is -2.16. The van der Waals surface area contributed by atoms with E-state index in [9.17, 15) is 0 Å². The van der Waals surface area contributed by atoms with Crippen LogP contribution in [0, 0.1) is 11.3 Å². The SMILES string of the molecule is CN(CC#N)Cc1cccs1. The number of nitriles is 1. The van der Waals surface area contributed by atoms with Gasteiger partial charge in [0.2, 0.25) is 0 Å². The van der Waals surface area contributed by atoms with E-state index in [1.807, 2.05) is 18.0 Å². The Kier molecular flexibility index (Phi) is 3.09. The molecule has 0 saturated heterocycles. The Labute approximate surface area is 70.7 Å². The highest BCUT2D eigenvalue weighted by Gasteiger charge is 1.98. The molecule has 0 bridgehead atoms. The van der Waals surface area contributed by atoms with E-state index in [1.54, 1.807) is 11.3 Å². The molecule has 1 rings (SSSR count). The van der Waals surface area contributed by atoms with Crippen LogP contribution < -0.4 is 0 Å². The van der Waals surface area contributed by atoms with Gasteiger partial charge in [-0.15, -0.1) is 11.3 Å². The van der Waals surface area contributed by atoms with Crippen molar-refractivity contribution in [1.82, 2.24) is 4.90 Å². The minimum absolute atomic E-state index is 0.498. The molecule has 1 aromatic rings. The highest BCUT2D eigenvalue weighted by Crippen LogP contribution is 2.09. The molecule has 0 aliphatic heterocycles. The van der Waals surface area contributed by atoms with Gasteiger partial charge in [0.15, 0.2) is 0 Å². The van der Waals surface area contributed by atoms with Gasteiger partial charge in [-0.2, -0.15) is 5.26 Å². The molecule has 0 spiro atoms. The average molecular weight is 166 g/mol. The van der Waals surface area contributed by atoms with Crippen molar-refractivity contribution in [2.24, 2.45) is 0 Å². The van der Waals surface area contributed by atoms with Gasteiger partial charge in [-0.25, -0.2) is 0 Å². The third-order valence-electron chi connectivity index (χ3n) is 1.35. The molecule has 0 amide bonds. The van der Waals surface area contributed by atoms with Gasteiger partial charge in [-0.1, -0.05) is 6.07 Å². The minimum Gasteiger partial charge on any atom is -0.289 e. The Morgan fingerprint density at radius 3 is 3.09 bits per heavy atom. The molecule has 0 N–H and O–H groups in total. The number of rotatable bonds is 3. The first-order valence-electron chi connectivity index (χ1n) is 3.41. The summed E-state index contributed by atoms with van der Waals surface area (Å²) in [6.45, 7) is 1.38. The quantitative estimate of drug-likeness (QED) is 0.639. The molecule has 1 heterocycles. The van der Waals surface area contributed by atoms with Crippen molar-refractivity contribution >= 4 is 11.3 Å². The van der Waals surface area contributed by atoms with Gasteiger partial charge in [-0.3, -0.25) is 4.90 Å². The van der Waals surface area contributed by atoms with E-state index in [4.69, 9.17) is 5.26 Å². The number of hydrogen-bond acceptors (Lipinski definition) is 3. The summed E-state index contributed by atoms with van der Waals surface area (Å²) in [7, 11) is 1.95. The highest BCUT2D eigenvalue weighted by molar-refractivity contribution is 7.09. The van der Waals surface area contributed by atoms with Crippen LogP contribution in [0.5, 0.6) is 0 Å². The normalized spacial score (nSPS) is 9.91. The fourth-order valence-corrected chi connectivity index (χ4v) is 1.63. The largest absolute Gasteiger partial charge is 0.289 e. The predicted octanol–water partition coefficient (Wildman–Crippen LogP) is 1.70. The van der Waals surface area contributed by atoms with E-state index in [-0.39, 0.29) is 0 Å². The molecule has 0 aliphatic carbocycles. The summed E-state index contributed by atoms with van der Waals surface area (Å²) in [5.74, 6) is 0. The van der Waals surface area contributed by atoms with Gasteiger partial charge in [0.05, 0.1) is 12.6 Å². The molecule has 2 nitrogen and oxygen atoms in total. The maximum absolute atomic E-state index is 8.38. The third-order valence-corrected chi connectivity index (χ3v) is 2.21. The molecule has 0 aliphatic rings. The van der Waals surface area contributed by atoms with Crippen molar-refractivity contribution < 1.29 is 0 Å². The molecule has 58 valence electrons. The number of nitrogens with zero attached hydrogens (tertiary/aromatic N) is 2. The van der Waals surface area contributed by atoms with Crippen LogP contribution in [-0.2, 0) is 6.54 Å². The van der Waals surface area contributed by atoms with Gasteiger partial charge >= 0.3 is 0 Å². The van der Waals surface area contributed by atoms with Gasteiger partial charge in [0.25, 0.3) is 0 Å². The maximum atomic E-state index is 8.38. The minimum atomic E-state index is 0.498. The Morgan fingerprint density at radius 1 is 1.73 bits per heavy atom. The van der Waals surface area contributed by atoms with Crippen molar-refractivity contribution in [2.45, 2.75) is 6.54 Å². The molecule has 11 heavy (non-hydrogen) atoms. The summed E-state index contributed by atoms with van der Waals surface area (Å²) in [5, 5.41) is 10.4. The van der Waals surface area contributed by atoms with Crippen molar-refractivity contribution in [3.63, 3.8) is 0 Å². The molecular weight excluding hydrogens is 156 g/mol. The lowest BCUT2D eigenvalue weighted by atomic mass is 10.4. The summed E-state index contributed by atoms with van der Waals surface area (Å²) >= 11 is 1.73. The van der Waals surface area contributed by atoms with Crippen LogP contribution in [0.2, 0.25) is 0 Å². The summed E-state index contributed by atoms with van der Waals surface area (Å²) in [5.41, 5.74) is 0. The second-order valence-electron chi connectivity index (χ2n) is 2.41. The molecule has 1 aromatic heterocycles. The van der Waals surface area contributed by atoms with E-state index in [0.29, 0.717) is 6.54 Å². The molecule has 0 aromatic carbocycles. The molecule has 0 atom stereocenters. The van der Waals surface area contributed by atoms with Gasteiger partial charge in [0.1, 0.15) is 0 Å². The van der Waals surface area contributed by atoms with Crippen LogP contribution in [0.4, 0.5) is 0 Å². The van der Waals surface area contributed by atoms with E-state index in [0.717, 1.165) is 6.54 Å². The number of thiophene rings is 1. The first-order chi connectivity index (χ1) is 5.33. The van der Waals surface area contributed by atoms with E-state index < -0.39 is 0 Å². The lowest BCUT2D eigenvalue weighted by molar-refractivity contribution is 0.371. The molecule has 0 unspecified atom stereocenters. The van der Waals surface area contributed by atoms with Crippen LogP contribution in [0.15, 0.2) is 17.5 Å². The fourth-order valence-electron chi connectivity index (χ4n) is 0.845. The summed E-state index contributed by atoms with van der Waals surface area (Å²) in [6.07, 6.45) is 0. The highest BCUT2D eigenvalue weighted by atomic mass is 32.1. The Balaban J connectivity index is 2.38. The van der Waals surface area contributed by atoms with Crippen LogP contribution in [0.1, 0.15) is 4.88 Å². The second-order valence-corrected chi connectivity index (χ2v) is 3.44. The van der Waals surface area contributed by atoms with Gasteiger partial charge in [0, 0.05) is 11.4 Å². The number of hydrogen-bond donors (Lipinski definition) is 0. The van der Waals surface area contributed by atoms with Gasteiger partial charge in [-0.05, 0) is 18.5 Å². The fraction of sp³-hybridized carbons (Fsp3) is 0.375. The summed E-state index contributed by atoms with van der Waals surface area (Å²) in [6, 6.07) is 6.22. The zero-order chi connectivity index (χ0) is 8.10. The average Bonchev–Trinajstić information content (AvgIpc) is 2.40. The Hall–Kier alpha value is -0.850. The summed E-state index contributed by atoms with van der Waals surface area (Å²) in [4.78, 5) is 3.30. The van der Waals surface area contributed by atoms with E-state index in [1.165, 1.54) is 4.88 Å². The molecular formula is C8H10N2S. The molecule has 3 heteroatoms. The van der Waals surface area contributed by atoms with Crippen molar-refractivity contribution in [3.05, 3.63) is 22.4 Å². The van der Waals surface area contributed by atoms with Crippen LogP contribution in [-0.4, -0.2) is 18.5 Å². The monoisotopic (exact) mass is 166 g/mol. The smallest absolute Gasteiger partial charge is 0.0866 e. The van der Waals surface area contributed by atoms with Crippen molar-refractivity contribution in [1.29, 1.82) is 5.26 Å². The van der Waals surface area contributed by atoms with Crippen LogP contribution >= 0.6 is 11.3 Å². The zero-order valence-electron chi connectivity index (χ0n) is 6.45. The summed E-state index contributed by atoms with van der Waals surface area (Å²) < 4.78 is 0. The Bertz CT molecular complexity index is 235.